The zero-order valence-electron chi connectivity index (χ0n) is 38.2. The average molecular weight is 1350 g/mol. The molecule has 38 nitrogen and oxygen atoms in total. The van der Waals surface area contributed by atoms with Gasteiger partial charge >= 0.3 is 83.2 Å². The van der Waals surface area contributed by atoms with Crippen molar-refractivity contribution >= 4 is 130 Å². The minimum Gasteiger partial charge on any atom is -0.356 e. The van der Waals surface area contributed by atoms with Crippen LogP contribution in [-0.2, 0) is 126 Å². The minimum atomic E-state index is -5.77. The van der Waals surface area contributed by atoms with Crippen molar-refractivity contribution in [3.63, 3.8) is 0 Å². The van der Waals surface area contributed by atoms with Crippen molar-refractivity contribution in [3.8, 4) is 0 Å². The average Bonchev–Trinajstić information content (AvgIpc) is 3.27. The number of benzene rings is 3. The molecule has 48 heteroatoms. The number of ether oxygens (including phenoxy) is 2. The normalized spacial score (nSPS) is 24.6. The smallest absolute Gasteiger partial charge is 0.356 e. The Kier molecular flexibility index (Phi) is 21.8. The van der Waals surface area contributed by atoms with Crippen LogP contribution in [-0.4, -0.2) is 188 Å². The maximum absolute atomic E-state index is 13.2. The third kappa shape index (κ3) is 22.7. The first kappa shape index (κ1) is 67.0. The largest absolute Gasteiger partial charge is 0.397 e. The molecule has 2 aliphatic rings. The molecular weight excluding hydrogens is 1310 g/mol. The van der Waals surface area contributed by atoms with Crippen LogP contribution in [0.25, 0.3) is 0 Å². The highest BCUT2D eigenvalue weighted by atomic mass is 32.3. The number of carbonyl (C=O) groups excluding carboxylic acids is 2. The number of hydrogen-bond donors (Lipinski definition) is 10. The van der Waals surface area contributed by atoms with E-state index in [-0.39, 0.29) is 32.3 Å². The Bertz CT molecular complexity index is 3420. The third-order valence-electron chi connectivity index (χ3n) is 9.48. The van der Waals surface area contributed by atoms with Crippen LogP contribution in [0, 0.1) is 0 Å². The van der Waals surface area contributed by atoms with Crippen LogP contribution in [0.3, 0.4) is 0 Å². The van der Waals surface area contributed by atoms with Gasteiger partial charge < -0.3 is 20.1 Å². The molecule has 2 heterocycles. The quantitative estimate of drug-likeness (QED) is 0.0413. The van der Waals surface area contributed by atoms with E-state index in [1.165, 1.54) is 72.8 Å². The van der Waals surface area contributed by atoms with E-state index in [9.17, 15) is 104 Å². The van der Waals surface area contributed by atoms with E-state index in [0.717, 1.165) is 0 Å². The molecule has 3 aromatic carbocycles. The fourth-order valence-corrected chi connectivity index (χ4v) is 12.7. The number of hydrogen-bond acceptors (Lipinski definition) is 30. The van der Waals surface area contributed by atoms with Crippen LogP contribution in [0.5, 0.6) is 0 Å². The Morgan fingerprint density at radius 3 is 0.875 bits per heavy atom. The van der Waals surface area contributed by atoms with Gasteiger partial charge in [-0.15, -0.1) is 0 Å². The van der Waals surface area contributed by atoms with Gasteiger partial charge in [0.2, 0.25) is 0 Å². The first-order valence-corrected chi connectivity index (χ1v) is 32.8. The van der Waals surface area contributed by atoms with E-state index in [0.29, 0.717) is 23.5 Å². The number of nitrogens with one attached hydrogen (secondary N) is 2. The number of anilines is 2. The lowest BCUT2D eigenvalue weighted by molar-refractivity contribution is -0.183. The summed E-state index contributed by atoms with van der Waals surface area (Å²) < 4.78 is 307. The van der Waals surface area contributed by atoms with Crippen molar-refractivity contribution in [1.29, 1.82) is 0 Å². The molecule has 10 N–H and O–H groups in total. The van der Waals surface area contributed by atoms with Crippen molar-refractivity contribution in [2.45, 2.75) is 69.5 Å². The Morgan fingerprint density at radius 2 is 0.625 bits per heavy atom. The summed E-state index contributed by atoms with van der Waals surface area (Å²) in [6.07, 6.45) is -20.5. The molecule has 0 aliphatic carbocycles. The highest BCUT2D eigenvalue weighted by Crippen LogP contribution is 2.41. The standard InChI is InChI=1S/C32H36N2O36S10/c35-29(33-17-5-9-19(10-6-17)71-31-27(69-79(55,56)57)25(67-77(49,50)51)23(65-75(43,44)45)21(63-31)13-61-73(37,38)39)15-1-2-16(4-3-15)30(36)34-18-7-11-20(12-8-18)72-32-28(70-80(58,59)60)26(68-78(52,53)54)24(66-76(46,47)48)22(64-32)14-62-74(40,41)42/h1-12,21-28,31-32H,13-14H2,(H,33,35)(H,34,36)(H,37,38,39)(H,40,41,42)(H,43,44,45)(H,46,47,48)(H,49,50,51)(H,52,53,54)(H,55,56,57)(H,58,59,60)/t21-,22-,23-,24-,25+,26+,27-,28-,31+,32+/m1/s1. The molecule has 0 unspecified atom stereocenters. The maximum atomic E-state index is 13.2. The monoisotopic (exact) mass is 1340 g/mol. The van der Waals surface area contributed by atoms with Gasteiger partial charge in [0.15, 0.2) is 0 Å². The lowest BCUT2D eigenvalue weighted by Crippen LogP contribution is -2.61. The van der Waals surface area contributed by atoms with Gasteiger partial charge in [-0.05, 0) is 72.8 Å². The van der Waals surface area contributed by atoms with Crippen LogP contribution < -0.4 is 10.6 Å². The summed E-state index contributed by atoms with van der Waals surface area (Å²) in [4.78, 5) is 26.3. The third-order valence-corrected chi connectivity index (χ3v) is 15.5. The van der Waals surface area contributed by atoms with E-state index in [1.807, 2.05) is 0 Å². The lowest BCUT2D eigenvalue weighted by atomic mass is 10.0. The van der Waals surface area contributed by atoms with Gasteiger partial charge in [0.05, 0.1) is 13.2 Å². The second kappa shape index (κ2) is 26.0. The molecule has 5 rings (SSSR count). The molecule has 80 heavy (non-hydrogen) atoms. The number of thioether (sulfide) groups is 2. The number of rotatable bonds is 26. The van der Waals surface area contributed by atoms with Crippen molar-refractivity contribution in [2.75, 3.05) is 23.8 Å². The molecule has 0 aromatic heterocycles. The Labute approximate surface area is 460 Å². The van der Waals surface area contributed by atoms with Crippen LogP contribution >= 0.6 is 23.5 Å². The predicted molar refractivity (Wildman–Crippen MR) is 258 cm³/mol. The number of carbonyl (C=O) groups is 2. The molecule has 10 atom stereocenters. The van der Waals surface area contributed by atoms with Gasteiger partial charge in [0.1, 0.15) is 59.7 Å². The summed E-state index contributed by atoms with van der Waals surface area (Å²) >= 11 is 0.724. The van der Waals surface area contributed by atoms with E-state index < -0.39 is 168 Å². The molecule has 2 saturated heterocycles. The Morgan fingerprint density at radius 1 is 0.375 bits per heavy atom. The molecule has 2 aliphatic heterocycles. The van der Waals surface area contributed by atoms with Gasteiger partial charge in [-0.2, -0.15) is 67.3 Å². The van der Waals surface area contributed by atoms with Gasteiger partial charge in [-0.25, -0.2) is 33.5 Å². The maximum Gasteiger partial charge on any atom is 0.397 e. The van der Waals surface area contributed by atoms with Crippen LogP contribution in [0.1, 0.15) is 20.7 Å². The number of amides is 2. The van der Waals surface area contributed by atoms with Crippen molar-refractivity contribution < 1.29 is 156 Å². The fourth-order valence-electron chi connectivity index (χ4n) is 6.70. The summed E-state index contributed by atoms with van der Waals surface area (Å²) in [6, 6.07) is 14.4. The molecule has 3 aromatic rings. The topological polar surface area (TPSA) is 585 Å². The molecular formula is C32H36N2O36S10. The van der Waals surface area contributed by atoms with Crippen LogP contribution in [0.2, 0.25) is 0 Å². The van der Waals surface area contributed by atoms with Gasteiger partial charge in [-0.1, -0.05) is 23.5 Å². The Balaban J connectivity index is 1.29. The van der Waals surface area contributed by atoms with E-state index >= 15 is 0 Å². The van der Waals surface area contributed by atoms with Crippen LogP contribution in [0.15, 0.2) is 82.6 Å². The molecule has 0 bridgehead atoms. The minimum absolute atomic E-state index is 0.0149. The molecule has 0 radical (unpaired) electrons. The van der Waals surface area contributed by atoms with Crippen molar-refractivity contribution in [1.82, 2.24) is 0 Å². The van der Waals surface area contributed by atoms with E-state index in [4.69, 9.17) is 18.6 Å². The molecule has 0 spiro atoms. The summed E-state index contributed by atoms with van der Waals surface area (Å²) in [5.74, 6) is -1.58. The Hall–Kier alpha value is -3.82. The first-order chi connectivity index (χ1) is 36.4. The fraction of sp³-hybridized carbons (Fsp3) is 0.375. The highest BCUT2D eigenvalue weighted by Gasteiger charge is 2.55. The highest BCUT2D eigenvalue weighted by molar-refractivity contribution is 8.00. The zero-order chi connectivity index (χ0) is 60.2. The molecule has 2 amide bonds. The summed E-state index contributed by atoms with van der Waals surface area (Å²) in [6.45, 7) is -2.95. The lowest BCUT2D eigenvalue weighted by Gasteiger charge is -2.43. The zero-order valence-corrected chi connectivity index (χ0v) is 46.4. The van der Waals surface area contributed by atoms with Gasteiger partial charge in [-0.3, -0.25) is 46.0 Å². The second-order valence-electron chi connectivity index (χ2n) is 15.2. The van der Waals surface area contributed by atoms with E-state index in [1.54, 1.807) is 0 Å². The van der Waals surface area contributed by atoms with Crippen molar-refractivity contribution in [2.24, 2.45) is 0 Å². The second-order valence-corrected chi connectivity index (χ2v) is 26.0. The molecule has 450 valence electrons. The molecule has 0 saturated carbocycles. The van der Waals surface area contributed by atoms with Gasteiger partial charge in [0.25, 0.3) is 11.8 Å². The first-order valence-electron chi connectivity index (χ1n) is 20.1. The van der Waals surface area contributed by atoms with Crippen LogP contribution in [0.4, 0.5) is 11.4 Å². The molecule has 2 fully saturated rings. The summed E-state index contributed by atoms with van der Waals surface area (Å²) in [5, 5.41) is 4.98. The summed E-state index contributed by atoms with van der Waals surface area (Å²) in [7, 11) is -45.2. The predicted octanol–water partition coefficient (Wildman–Crippen LogP) is -1.41. The van der Waals surface area contributed by atoms with Gasteiger partial charge in [0, 0.05) is 32.3 Å². The SMILES string of the molecule is O=C(Nc1ccc(S[C@@H]2O[C@H](COS(=O)(=O)O)[C@@H](OS(=O)(=O)O)[C@H](OS(=O)(=O)O)[C@H]2OS(=O)(=O)O)cc1)c1ccc(C(=O)Nc2ccc(S[C@@H]3O[C@H](COS(=O)(=O)O)[C@@H](OS(=O)(=O)O)[C@H](OS(=O)(=O)O)[C@H]3OS(=O)(=O)O)cc2)cc1. The summed E-state index contributed by atoms with van der Waals surface area (Å²) in [5.41, 5.74) is -4.13. The van der Waals surface area contributed by atoms with E-state index in [2.05, 4.69) is 44.1 Å². The van der Waals surface area contributed by atoms with Crippen molar-refractivity contribution in [3.05, 3.63) is 83.9 Å².